The number of hydrogen-bond donors (Lipinski definition) is 1. The van der Waals surface area contributed by atoms with Gasteiger partial charge in [-0.15, -0.1) is 0 Å². The minimum absolute atomic E-state index is 0.385. The lowest BCUT2D eigenvalue weighted by Crippen LogP contribution is -2.44. The highest BCUT2D eigenvalue weighted by Crippen LogP contribution is 2.05. The average Bonchev–Trinajstić information content (AvgIpc) is 2.28. The molecule has 0 saturated heterocycles. The van der Waals surface area contributed by atoms with Crippen molar-refractivity contribution in [3.05, 3.63) is 35.9 Å². The monoisotopic (exact) mass is 204 g/mol. The highest BCUT2D eigenvalue weighted by Gasteiger charge is 2.22. The number of hydrogen-bond acceptors (Lipinski definition) is 3. The largest absolute Gasteiger partial charge is 0.382 e. The van der Waals surface area contributed by atoms with Crippen molar-refractivity contribution < 1.29 is 4.74 Å². The lowest BCUT2D eigenvalue weighted by atomic mass is 10.1. The minimum atomic E-state index is -0.620. The van der Waals surface area contributed by atoms with E-state index in [2.05, 4.69) is 11.4 Å². The quantitative estimate of drug-likeness (QED) is 0.794. The summed E-state index contributed by atoms with van der Waals surface area (Å²) in [4.78, 5) is 0. The summed E-state index contributed by atoms with van der Waals surface area (Å²) in [5.41, 5.74) is 0.542. The van der Waals surface area contributed by atoms with E-state index in [0.29, 0.717) is 13.2 Å². The van der Waals surface area contributed by atoms with Crippen LogP contribution >= 0.6 is 0 Å². The number of rotatable bonds is 5. The van der Waals surface area contributed by atoms with Crippen molar-refractivity contribution in [2.45, 2.75) is 19.0 Å². The van der Waals surface area contributed by atoms with Gasteiger partial charge in [0.1, 0.15) is 5.54 Å². The average molecular weight is 204 g/mol. The summed E-state index contributed by atoms with van der Waals surface area (Å²) >= 11 is 0. The molecule has 0 saturated carbocycles. The zero-order valence-electron chi connectivity index (χ0n) is 9.16. The van der Waals surface area contributed by atoms with Crippen LogP contribution in [0.1, 0.15) is 12.5 Å². The Bertz CT molecular complexity index is 331. The number of benzene rings is 1. The van der Waals surface area contributed by atoms with E-state index in [-0.39, 0.29) is 0 Å². The highest BCUT2D eigenvalue weighted by atomic mass is 16.5. The summed E-state index contributed by atoms with van der Waals surface area (Å²) in [5.74, 6) is 0. The number of nitrogens with one attached hydrogen (secondary N) is 1. The van der Waals surface area contributed by atoms with Crippen LogP contribution in [0.4, 0.5) is 0 Å². The van der Waals surface area contributed by atoms with E-state index in [0.717, 1.165) is 5.56 Å². The van der Waals surface area contributed by atoms with Crippen LogP contribution in [0.3, 0.4) is 0 Å². The summed E-state index contributed by atoms with van der Waals surface area (Å²) in [6, 6.07) is 12.2. The van der Waals surface area contributed by atoms with Crippen molar-refractivity contribution in [1.29, 1.82) is 5.26 Å². The molecule has 0 heterocycles. The highest BCUT2D eigenvalue weighted by molar-refractivity contribution is 5.16. The predicted octanol–water partition coefficient (Wildman–Crippen LogP) is 1.70. The molecule has 80 valence electrons. The molecule has 0 aliphatic heterocycles. The van der Waals surface area contributed by atoms with Gasteiger partial charge in [-0.05, 0) is 12.5 Å². The summed E-state index contributed by atoms with van der Waals surface area (Å²) in [5, 5.41) is 12.2. The molecule has 1 unspecified atom stereocenters. The van der Waals surface area contributed by atoms with Crippen LogP contribution in [0.15, 0.2) is 30.3 Å². The molecule has 3 nitrogen and oxygen atoms in total. The van der Waals surface area contributed by atoms with Crippen LogP contribution in [-0.2, 0) is 11.3 Å². The molecule has 3 heteroatoms. The molecule has 0 radical (unpaired) electrons. The third-order valence-corrected chi connectivity index (χ3v) is 2.21. The van der Waals surface area contributed by atoms with Crippen LogP contribution in [0, 0.1) is 11.3 Å². The number of nitrogens with zero attached hydrogens (tertiary/aromatic N) is 1. The maximum absolute atomic E-state index is 9.00. The predicted molar refractivity (Wildman–Crippen MR) is 59.2 cm³/mol. The molecule has 1 aromatic rings. The third-order valence-electron chi connectivity index (χ3n) is 2.21. The number of methoxy groups -OCH3 is 1. The van der Waals surface area contributed by atoms with E-state index >= 15 is 0 Å². The summed E-state index contributed by atoms with van der Waals surface area (Å²) < 4.78 is 5.00. The smallest absolute Gasteiger partial charge is 0.127 e. The first-order valence-corrected chi connectivity index (χ1v) is 4.89. The maximum atomic E-state index is 9.00. The topological polar surface area (TPSA) is 45.0 Å². The fraction of sp³-hybridized carbons (Fsp3) is 0.417. The Balaban J connectivity index is 2.52. The summed E-state index contributed by atoms with van der Waals surface area (Å²) in [7, 11) is 1.60. The van der Waals surface area contributed by atoms with E-state index < -0.39 is 5.54 Å². The van der Waals surface area contributed by atoms with E-state index in [9.17, 15) is 0 Å². The Morgan fingerprint density at radius 2 is 2.07 bits per heavy atom. The van der Waals surface area contributed by atoms with Gasteiger partial charge in [0.25, 0.3) is 0 Å². The molecule has 0 aliphatic carbocycles. The zero-order chi connectivity index (χ0) is 11.1. The van der Waals surface area contributed by atoms with Gasteiger partial charge in [0.05, 0.1) is 12.7 Å². The molecular weight excluding hydrogens is 188 g/mol. The second-order valence-corrected chi connectivity index (χ2v) is 3.72. The van der Waals surface area contributed by atoms with E-state index in [1.807, 2.05) is 37.3 Å². The van der Waals surface area contributed by atoms with Crippen molar-refractivity contribution in [2.24, 2.45) is 0 Å². The third kappa shape index (κ3) is 3.70. The van der Waals surface area contributed by atoms with Gasteiger partial charge >= 0.3 is 0 Å². The second-order valence-electron chi connectivity index (χ2n) is 3.72. The van der Waals surface area contributed by atoms with Gasteiger partial charge in [-0.25, -0.2) is 0 Å². The molecule has 0 amide bonds. The van der Waals surface area contributed by atoms with Crippen LogP contribution < -0.4 is 5.32 Å². The molecule has 0 spiro atoms. The lowest BCUT2D eigenvalue weighted by molar-refractivity contribution is 0.145. The van der Waals surface area contributed by atoms with Gasteiger partial charge < -0.3 is 4.74 Å². The first-order chi connectivity index (χ1) is 7.20. The second kappa shape index (κ2) is 5.50. The molecule has 1 N–H and O–H groups in total. The van der Waals surface area contributed by atoms with Gasteiger partial charge in [0.15, 0.2) is 0 Å². The van der Waals surface area contributed by atoms with Crippen LogP contribution in [0.25, 0.3) is 0 Å². The first kappa shape index (κ1) is 11.7. The fourth-order valence-electron chi connectivity index (χ4n) is 1.30. The molecule has 1 atom stereocenters. The van der Waals surface area contributed by atoms with Crippen molar-refractivity contribution in [3.63, 3.8) is 0 Å². The molecule has 1 aromatic carbocycles. The van der Waals surface area contributed by atoms with Gasteiger partial charge in [0, 0.05) is 13.7 Å². The summed E-state index contributed by atoms with van der Waals surface area (Å²) in [6.07, 6.45) is 0. The Morgan fingerprint density at radius 3 is 2.60 bits per heavy atom. The van der Waals surface area contributed by atoms with Crippen LogP contribution in [-0.4, -0.2) is 19.3 Å². The molecule has 0 aliphatic rings. The zero-order valence-corrected chi connectivity index (χ0v) is 9.16. The molecule has 1 rings (SSSR count). The van der Waals surface area contributed by atoms with Crippen molar-refractivity contribution in [1.82, 2.24) is 5.32 Å². The molecular formula is C12H16N2O. The summed E-state index contributed by atoms with van der Waals surface area (Å²) in [6.45, 7) is 2.89. The van der Waals surface area contributed by atoms with Crippen molar-refractivity contribution in [3.8, 4) is 6.07 Å². The van der Waals surface area contributed by atoms with Crippen LogP contribution in [0.2, 0.25) is 0 Å². The number of ether oxygens (including phenoxy) is 1. The first-order valence-electron chi connectivity index (χ1n) is 4.89. The standard InChI is InChI=1S/C12H16N2O/c1-12(9-13,10-15-2)14-8-11-6-4-3-5-7-11/h3-7,14H,8,10H2,1-2H3. The lowest BCUT2D eigenvalue weighted by Gasteiger charge is -2.22. The van der Waals surface area contributed by atoms with Gasteiger partial charge in [0.2, 0.25) is 0 Å². The molecule has 15 heavy (non-hydrogen) atoms. The number of nitriles is 1. The Hall–Kier alpha value is -1.37. The van der Waals surface area contributed by atoms with Gasteiger partial charge in [-0.3, -0.25) is 5.32 Å². The Kier molecular flexibility index (Phi) is 4.29. The van der Waals surface area contributed by atoms with Crippen molar-refractivity contribution in [2.75, 3.05) is 13.7 Å². The molecule has 0 fully saturated rings. The van der Waals surface area contributed by atoms with Gasteiger partial charge in [-0.1, -0.05) is 30.3 Å². The van der Waals surface area contributed by atoms with E-state index in [1.165, 1.54) is 0 Å². The Labute approximate surface area is 90.7 Å². The fourth-order valence-corrected chi connectivity index (χ4v) is 1.30. The Morgan fingerprint density at radius 1 is 1.40 bits per heavy atom. The minimum Gasteiger partial charge on any atom is -0.382 e. The normalized spacial score (nSPS) is 14.2. The van der Waals surface area contributed by atoms with Crippen molar-refractivity contribution >= 4 is 0 Å². The molecule has 0 aromatic heterocycles. The molecule has 0 bridgehead atoms. The van der Waals surface area contributed by atoms with Crippen LogP contribution in [0.5, 0.6) is 0 Å². The van der Waals surface area contributed by atoms with Gasteiger partial charge in [-0.2, -0.15) is 5.26 Å². The maximum Gasteiger partial charge on any atom is 0.127 e. The van der Waals surface area contributed by atoms with E-state index in [1.54, 1.807) is 7.11 Å². The SMILES string of the molecule is COCC(C)(C#N)NCc1ccccc1. The van der Waals surface area contributed by atoms with E-state index in [4.69, 9.17) is 10.00 Å².